The van der Waals surface area contributed by atoms with Crippen molar-refractivity contribution in [3.05, 3.63) is 77.6 Å². The third-order valence-electron chi connectivity index (χ3n) is 5.21. The predicted octanol–water partition coefficient (Wildman–Crippen LogP) is 4.31. The van der Waals surface area contributed by atoms with E-state index in [1.54, 1.807) is 36.7 Å². The van der Waals surface area contributed by atoms with Crippen LogP contribution in [0.4, 0.5) is 30.9 Å². The molecule has 4 rings (SSSR count). The first-order chi connectivity index (χ1) is 16.5. The highest BCUT2D eigenvalue weighted by Crippen LogP contribution is 2.15. The Morgan fingerprint density at radius 2 is 1.62 bits per heavy atom. The molecule has 2 aromatic carbocycles. The van der Waals surface area contributed by atoms with E-state index in [0.29, 0.717) is 22.8 Å². The third kappa shape index (κ3) is 6.73. The Balaban J connectivity index is 1.30. The molecule has 7 nitrogen and oxygen atoms in total. The fourth-order valence-corrected chi connectivity index (χ4v) is 3.50. The number of hydrogen-bond acceptors (Lipinski definition) is 5. The molecule has 2 heterocycles. The van der Waals surface area contributed by atoms with E-state index in [1.807, 2.05) is 0 Å². The SMILES string of the molecule is O=C(Nc1cccc(C#Cc2cnc(NCCN3CCCC3)nc2)c1)Nc1ccc(F)c(F)c1. The second kappa shape index (κ2) is 11.2. The van der Waals surface area contributed by atoms with Gasteiger partial charge in [0, 0.05) is 48.5 Å². The zero-order valence-electron chi connectivity index (χ0n) is 18.4. The highest BCUT2D eigenvalue weighted by molar-refractivity contribution is 5.99. The highest BCUT2D eigenvalue weighted by Gasteiger charge is 2.10. The summed E-state index contributed by atoms with van der Waals surface area (Å²) in [7, 11) is 0. The van der Waals surface area contributed by atoms with E-state index in [1.165, 1.54) is 18.9 Å². The molecule has 3 aromatic rings. The van der Waals surface area contributed by atoms with Crippen LogP contribution < -0.4 is 16.0 Å². The maximum Gasteiger partial charge on any atom is 0.323 e. The van der Waals surface area contributed by atoms with Gasteiger partial charge in [0.2, 0.25) is 5.95 Å². The van der Waals surface area contributed by atoms with Crippen molar-refractivity contribution in [2.45, 2.75) is 12.8 Å². The quantitative estimate of drug-likeness (QED) is 0.476. The van der Waals surface area contributed by atoms with Crippen molar-refractivity contribution >= 4 is 23.4 Å². The number of likely N-dealkylation sites (tertiary alicyclic amines) is 1. The minimum Gasteiger partial charge on any atom is -0.353 e. The largest absolute Gasteiger partial charge is 0.353 e. The topological polar surface area (TPSA) is 82.2 Å². The molecule has 1 fully saturated rings. The summed E-state index contributed by atoms with van der Waals surface area (Å²) in [5.74, 6) is 4.58. The number of carbonyl (C=O) groups excluding carboxylic acids is 1. The van der Waals surface area contributed by atoms with Crippen LogP contribution in [0, 0.1) is 23.5 Å². The number of nitrogens with zero attached hydrogens (tertiary/aromatic N) is 3. The number of amides is 2. The van der Waals surface area contributed by atoms with Crippen LogP contribution >= 0.6 is 0 Å². The van der Waals surface area contributed by atoms with Gasteiger partial charge in [0.05, 0.1) is 5.56 Å². The monoisotopic (exact) mass is 462 g/mol. The fraction of sp³-hybridized carbons (Fsp3) is 0.240. The molecule has 0 saturated carbocycles. The first-order valence-corrected chi connectivity index (χ1v) is 11.0. The molecular formula is C25H24F2N6O. The Morgan fingerprint density at radius 1 is 0.912 bits per heavy atom. The van der Waals surface area contributed by atoms with Gasteiger partial charge in [-0.15, -0.1) is 0 Å². The number of halogens is 2. The normalized spacial score (nSPS) is 13.1. The van der Waals surface area contributed by atoms with Crippen molar-refractivity contribution in [3.63, 3.8) is 0 Å². The lowest BCUT2D eigenvalue weighted by atomic mass is 10.2. The van der Waals surface area contributed by atoms with E-state index in [0.717, 1.165) is 38.3 Å². The zero-order valence-corrected chi connectivity index (χ0v) is 18.4. The van der Waals surface area contributed by atoms with Gasteiger partial charge in [-0.05, 0) is 56.3 Å². The Morgan fingerprint density at radius 3 is 2.35 bits per heavy atom. The van der Waals surface area contributed by atoms with E-state index in [9.17, 15) is 13.6 Å². The van der Waals surface area contributed by atoms with Crippen LogP contribution in [0.2, 0.25) is 0 Å². The van der Waals surface area contributed by atoms with Crippen LogP contribution in [0.5, 0.6) is 0 Å². The summed E-state index contributed by atoms with van der Waals surface area (Å²) in [6.07, 6.45) is 5.87. The van der Waals surface area contributed by atoms with Gasteiger partial charge in [0.25, 0.3) is 0 Å². The number of anilines is 3. The average Bonchev–Trinajstić information content (AvgIpc) is 3.35. The Labute approximate surface area is 196 Å². The van der Waals surface area contributed by atoms with E-state index in [2.05, 4.69) is 42.7 Å². The van der Waals surface area contributed by atoms with E-state index in [-0.39, 0.29) is 5.69 Å². The van der Waals surface area contributed by atoms with Crippen molar-refractivity contribution in [3.8, 4) is 11.8 Å². The number of rotatable bonds is 6. The molecule has 1 aliphatic heterocycles. The van der Waals surface area contributed by atoms with Gasteiger partial charge in [0.1, 0.15) is 0 Å². The third-order valence-corrected chi connectivity index (χ3v) is 5.21. The Hall–Kier alpha value is -4.03. The fourth-order valence-electron chi connectivity index (χ4n) is 3.50. The lowest BCUT2D eigenvalue weighted by Gasteiger charge is -2.14. The van der Waals surface area contributed by atoms with Crippen molar-refractivity contribution in [2.24, 2.45) is 0 Å². The summed E-state index contributed by atoms with van der Waals surface area (Å²) in [5, 5.41) is 8.32. The van der Waals surface area contributed by atoms with Crippen LogP contribution in [-0.4, -0.2) is 47.1 Å². The van der Waals surface area contributed by atoms with Gasteiger partial charge in [-0.1, -0.05) is 17.9 Å². The summed E-state index contributed by atoms with van der Waals surface area (Å²) >= 11 is 0. The van der Waals surface area contributed by atoms with Crippen LogP contribution in [0.3, 0.4) is 0 Å². The van der Waals surface area contributed by atoms with Crippen molar-refractivity contribution in [1.82, 2.24) is 14.9 Å². The average molecular weight is 463 g/mol. The number of hydrogen-bond donors (Lipinski definition) is 3. The zero-order chi connectivity index (χ0) is 23.8. The van der Waals surface area contributed by atoms with E-state index < -0.39 is 17.7 Å². The minimum absolute atomic E-state index is 0.140. The van der Waals surface area contributed by atoms with Crippen LogP contribution in [-0.2, 0) is 0 Å². The molecule has 34 heavy (non-hydrogen) atoms. The van der Waals surface area contributed by atoms with Gasteiger partial charge >= 0.3 is 6.03 Å². The number of carbonyl (C=O) groups is 1. The molecule has 9 heteroatoms. The van der Waals surface area contributed by atoms with Gasteiger partial charge in [-0.25, -0.2) is 23.5 Å². The second-order valence-electron chi connectivity index (χ2n) is 7.81. The van der Waals surface area contributed by atoms with E-state index in [4.69, 9.17) is 0 Å². The maximum absolute atomic E-state index is 13.3. The number of benzene rings is 2. The lowest BCUT2D eigenvalue weighted by Crippen LogP contribution is -2.26. The lowest BCUT2D eigenvalue weighted by molar-refractivity contribution is 0.262. The summed E-state index contributed by atoms with van der Waals surface area (Å²) < 4.78 is 26.3. The highest BCUT2D eigenvalue weighted by atomic mass is 19.2. The molecule has 2 amide bonds. The van der Waals surface area contributed by atoms with Crippen LogP contribution in [0.15, 0.2) is 54.9 Å². The summed E-state index contributed by atoms with van der Waals surface area (Å²) in [6.45, 7) is 4.10. The molecule has 0 spiro atoms. The van der Waals surface area contributed by atoms with E-state index >= 15 is 0 Å². The summed E-state index contributed by atoms with van der Waals surface area (Å²) in [4.78, 5) is 23.2. The molecular weight excluding hydrogens is 438 g/mol. The first-order valence-electron chi connectivity index (χ1n) is 11.0. The molecule has 0 unspecified atom stereocenters. The second-order valence-corrected chi connectivity index (χ2v) is 7.81. The first kappa shape index (κ1) is 23.1. The van der Waals surface area contributed by atoms with Gasteiger partial charge in [-0.3, -0.25) is 0 Å². The summed E-state index contributed by atoms with van der Waals surface area (Å²) in [5.41, 5.74) is 1.99. The molecule has 0 radical (unpaired) electrons. The molecule has 0 bridgehead atoms. The molecule has 0 atom stereocenters. The van der Waals surface area contributed by atoms with Gasteiger partial charge in [-0.2, -0.15) is 0 Å². The van der Waals surface area contributed by atoms with Crippen molar-refractivity contribution in [2.75, 3.05) is 42.1 Å². The smallest absolute Gasteiger partial charge is 0.323 e. The molecule has 1 saturated heterocycles. The van der Waals surface area contributed by atoms with Crippen LogP contribution in [0.25, 0.3) is 0 Å². The van der Waals surface area contributed by atoms with Gasteiger partial charge < -0.3 is 20.9 Å². The molecule has 3 N–H and O–H groups in total. The minimum atomic E-state index is -1.04. The summed E-state index contributed by atoms with van der Waals surface area (Å²) in [6, 6.07) is 9.50. The number of urea groups is 1. The predicted molar refractivity (Wildman–Crippen MR) is 128 cm³/mol. The van der Waals surface area contributed by atoms with Crippen molar-refractivity contribution in [1.29, 1.82) is 0 Å². The Kier molecular flexibility index (Phi) is 7.63. The molecule has 0 aliphatic carbocycles. The van der Waals surface area contributed by atoms with Crippen LogP contribution in [0.1, 0.15) is 24.0 Å². The maximum atomic E-state index is 13.3. The number of aromatic nitrogens is 2. The van der Waals surface area contributed by atoms with Gasteiger partial charge in [0.15, 0.2) is 11.6 Å². The molecule has 1 aliphatic rings. The Bertz CT molecular complexity index is 1200. The number of nitrogens with one attached hydrogen (secondary N) is 3. The van der Waals surface area contributed by atoms with Crippen molar-refractivity contribution < 1.29 is 13.6 Å². The standard InChI is InChI=1S/C25H24F2N6O/c26-22-9-8-21(15-23(22)27)32-25(34)31-20-5-3-4-18(14-20)6-7-19-16-29-24(30-17-19)28-10-13-33-11-1-2-12-33/h3-5,8-9,14-17H,1-2,10-13H2,(H,28,29,30)(H2,31,32,34). The molecule has 174 valence electrons. The molecule has 1 aromatic heterocycles.